The standard InChI is InChI=1S/C11H15NO2/c1-7-4-5-9(8(2)6-7)11(3,12)10(13)14/h4-6H,12H2,1-3H3,(H,13,14). The fourth-order valence-electron chi connectivity index (χ4n) is 1.51. The summed E-state index contributed by atoms with van der Waals surface area (Å²) >= 11 is 0. The van der Waals surface area contributed by atoms with Gasteiger partial charge in [-0.15, -0.1) is 0 Å². The van der Waals surface area contributed by atoms with Gasteiger partial charge in [0.05, 0.1) is 0 Å². The van der Waals surface area contributed by atoms with Gasteiger partial charge in [-0.05, 0) is 31.9 Å². The normalized spacial score (nSPS) is 14.9. The molecule has 0 spiro atoms. The summed E-state index contributed by atoms with van der Waals surface area (Å²) in [7, 11) is 0. The third-order valence-corrected chi connectivity index (χ3v) is 2.39. The van der Waals surface area contributed by atoms with Crippen LogP contribution in [0.2, 0.25) is 0 Å². The van der Waals surface area contributed by atoms with Gasteiger partial charge >= 0.3 is 5.97 Å². The molecular formula is C11H15NO2. The van der Waals surface area contributed by atoms with E-state index in [1.54, 1.807) is 6.07 Å². The first-order valence-corrected chi connectivity index (χ1v) is 4.45. The Labute approximate surface area is 83.6 Å². The van der Waals surface area contributed by atoms with Gasteiger partial charge in [-0.1, -0.05) is 23.8 Å². The first-order chi connectivity index (χ1) is 6.35. The number of nitrogens with two attached hydrogens (primary N) is 1. The lowest BCUT2D eigenvalue weighted by molar-refractivity contribution is -0.143. The second-order valence-electron chi connectivity index (χ2n) is 3.83. The molecule has 0 bridgehead atoms. The Kier molecular flexibility index (Phi) is 2.62. The van der Waals surface area contributed by atoms with Crippen molar-refractivity contribution < 1.29 is 9.90 Å². The van der Waals surface area contributed by atoms with E-state index in [0.29, 0.717) is 5.56 Å². The SMILES string of the molecule is Cc1ccc(C(C)(N)C(=O)O)c(C)c1. The number of carboxylic acids is 1. The van der Waals surface area contributed by atoms with Crippen LogP contribution in [0.4, 0.5) is 0 Å². The van der Waals surface area contributed by atoms with Gasteiger partial charge in [-0.3, -0.25) is 0 Å². The summed E-state index contributed by atoms with van der Waals surface area (Å²) in [6.45, 7) is 5.34. The number of benzene rings is 1. The maximum atomic E-state index is 10.9. The van der Waals surface area contributed by atoms with Gasteiger partial charge in [0.2, 0.25) is 0 Å². The molecule has 76 valence electrons. The maximum Gasteiger partial charge on any atom is 0.328 e. The molecule has 1 unspecified atom stereocenters. The molecule has 0 aliphatic heterocycles. The minimum absolute atomic E-state index is 0.663. The Morgan fingerprint density at radius 3 is 2.43 bits per heavy atom. The molecule has 14 heavy (non-hydrogen) atoms. The van der Waals surface area contributed by atoms with Crippen molar-refractivity contribution >= 4 is 5.97 Å². The molecule has 0 aromatic heterocycles. The minimum atomic E-state index is -1.31. The van der Waals surface area contributed by atoms with Crippen molar-refractivity contribution in [1.29, 1.82) is 0 Å². The van der Waals surface area contributed by atoms with Crippen LogP contribution in [0.3, 0.4) is 0 Å². The molecule has 1 atom stereocenters. The quantitative estimate of drug-likeness (QED) is 0.749. The Morgan fingerprint density at radius 2 is 2.00 bits per heavy atom. The van der Waals surface area contributed by atoms with E-state index in [4.69, 9.17) is 10.8 Å². The third kappa shape index (κ3) is 1.77. The molecule has 3 heteroatoms. The van der Waals surface area contributed by atoms with E-state index in [-0.39, 0.29) is 0 Å². The second kappa shape index (κ2) is 3.42. The molecule has 1 aromatic carbocycles. The highest BCUT2D eigenvalue weighted by molar-refractivity contribution is 5.80. The first-order valence-electron chi connectivity index (χ1n) is 4.45. The van der Waals surface area contributed by atoms with Gasteiger partial charge in [0.25, 0.3) is 0 Å². The van der Waals surface area contributed by atoms with Crippen molar-refractivity contribution in [2.45, 2.75) is 26.3 Å². The zero-order chi connectivity index (χ0) is 10.9. The monoisotopic (exact) mass is 193 g/mol. The van der Waals surface area contributed by atoms with Gasteiger partial charge in [0.15, 0.2) is 0 Å². The van der Waals surface area contributed by atoms with Crippen molar-refractivity contribution in [3.05, 3.63) is 34.9 Å². The predicted octanol–water partition coefficient (Wildman–Crippen LogP) is 1.56. The number of hydrogen-bond acceptors (Lipinski definition) is 2. The van der Waals surface area contributed by atoms with Gasteiger partial charge in [0.1, 0.15) is 5.54 Å². The molecule has 0 saturated heterocycles. The molecule has 3 nitrogen and oxygen atoms in total. The Hall–Kier alpha value is -1.35. The molecule has 0 fully saturated rings. The summed E-state index contributed by atoms with van der Waals surface area (Å²) in [6, 6.07) is 5.58. The zero-order valence-electron chi connectivity index (χ0n) is 8.66. The number of rotatable bonds is 2. The van der Waals surface area contributed by atoms with E-state index in [0.717, 1.165) is 11.1 Å². The summed E-state index contributed by atoms with van der Waals surface area (Å²) < 4.78 is 0. The first kappa shape index (κ1) is 10.7. The smallest absolute Gasteiger partial charge is 0.328 e. The topological polar surface area (TPSA) is 63.3 Å². The van der Waals surface area contributed by atoms with Crippen molar-refractivity contribution in [3.8, 4) is 0 Å². The lowest BCUT2D eigenvalue weighted by Gasteiger charge is -2.22. The molecule has 1 rings (SSSR count). The highest BCUT2D eigenvalue weighted by Gasteiger charge is 2.31. The second-order valence-corrected chi connectivity index (χ2v) is 3.83. The third-order valence-electron chi connectivity index (χ3n) is 2.39. The van der Waals surface area contributed by atoms with Crippen LogP contribution in [-0.2, 0) is 10.3 Å². The summed E-state index contributed by atoms with van der Waals surface area (Å²) in [6.07, 6.45) is 0. The summed E-state index contributed by atoms with van der Waals surface area (Å²) in [5.74, 6) is -1.01. The van der Waals surface area contributed by atoms with Crippen LogP contribution in [0, 0.1) is 13.8 Å². The van der Waals surface area contributed by atoms with Crippen LogP contribution in [0.25, 0.3) is 0 Å². The van der Waals surface area contributed by atoms with Crippen LogP contribution >= 0.6 is 0 Å². The Morgan fingerprint density at radius 1 is 1.43 bits per heavy atom. The van der Waals surface area contributed by atoms with E-state index in [1.165, 1.54) is 6.92 Å². The number of aliphatic carboxylic acids is 1. The maximum absolute atomic E-state index is 10.9. The van der Waals surface area contributed by atoms with Crippen LogP contribution < -0.4 is 5.73 Å². The fourth-order valence-corrected chi connectivity index (χ4v) is 1.51. The molecule has 3 N–H and O–H groups in total. The summed E-state index contributed by atoms with van der Waals surface area (Å²) in [4.78, 5) is 10.9. The number of carbonyl (C=O) groups is 1. The fraction of sp³-hybridized carbons (Fsp3) is 0.364. The molecule has 0 radical (unpaired) electrons. The molecule has 0 heterocycles. The Balaban J connectivity index is 3.26. The Bertz CT molecular complexity index is 370. The van der Waals surface area contributed by atoms with Gasteiger partial charge in [-0.25, -0.2) is 4.79 Å². The van der Waals surface area contributed by atoms with E-state index in [2.05, 4.69) is 0 Å². The van der Waals surface area contributed by atoms with Gasteiger partial charge in [-0.2, -0.15) is 0 Å². The van der Waals surface area contributed by atoms with E-state index >= 15 is 0 Å². The van der Waals surface area contributed by atoms with Crippen molar-refractivity contribution in [2.24, 2.45) is 5.73 Å². The lowest BCUT2D eigenvalue weighted by atomic mass is 9.89. The number of carboxylic acid groups (broad SMARTS) is 1. The summed E-state index contributed by atoms with van der Waals surface area (Å²) in [5, 5.41) is 8.96. The number of aryl methyl sites for hydroxylation is 2. The zero-order valence-corrected chi connectivity index (χ0v) is 8.66. The largest absolute Gasteiger partial charge is 0.480 e. The average Bonchev–Trinajstić information content (AvgIpc) is 2.02. The van der Waals surface area contributed by atoms with Crippen LogP contribution in [-0.4, -0.2) is 11.1 Å². The molecule has 0 saturated carbocycles. The lowest BCUT2D eigenvalue weighted by Crippen LogP contribution is -2.42. The van der Waals surface area contributed by atoms with E-state index in [1.807, 2.05) is 26.0 Å². The summed E-state index contributed by atoms with van der Waals surface area (Å²) in [5.41, 5.74) is 7.11. The van der Waals surface area contributed by atoms with E-state index in [9.17, 15) is 4.79 Å². The molecule has 0 amide bonds. The van der Waals surface area contributed by atoms with E-state index < -0.39 is 11.5 Å². The molecular weight excluding hydrogens is 178 g/mol. The van der Waals surface area contributed by atoms with Crippen molar-refractivity contribution in [1.82, 2.24) is 0 Å². The minimum Gasteiger partial charge on any atom is -0.480 e. The van der Waals surface area contributed by atoms with Gasteiger partial charge < -0.3 is 10.8 Å². The predicted molar refractivity (Wildman–Crippen MR) is 55.1 cm³/mol. The average molecular weight is 193 g/mol. The van der Waals surface area contributed by atoms with Gasteiger partial charge in [0, 0.05) is 0 Å². The van der Waals surface area contributed by atoms with Crippen molar-refractivity contribution in [3.63, 3.8) is 0 Å². The highest BCUT2D eigenvalue weighted by atomic mass is 16.4. The molecule has 1 aromatic rings. The van der Waals surface area contributed by atoms with Crippen LogP contribution in [0.1, 0.15) is 23.6 Å². The van der Waals surface area contributed by atoms with Crippen molar-refractivity contribution in [2.75, 3.05) is 0 Å². The molecule has 0 aliphatic rings. The van der Waals surface area contributed by atoms with Crippen LogP contribution in [0.5, 0.6) is 0 Å². The number of hydrogen-bond donors (Lipinski definition) is 2. The van der Waals surface area contributed by atoms with Crippen LogP contribution in [0.15, 0.2) is 18.2 Å². The highest BCUT2D eigenvalue weighted by Crippen LogP contribution is 2.22. The molecule has 0 aliphatic carbocycles.